The smallest absolute Gasteiger partial charge is 0.0640 e. The zero-order chi connectivity index (χ0) is 24.1. The van der Waals surface area contributed by atoms with Gasteiger partial charge in [-0.25, -0.2) is 0 Å². The van der Waals surface area contributed by atoms with Gasteiger partial charge in [0.25, 0.3) is 0 Å². The molecule has 10 heteroatoms. The van der Waals surface area contributed by atoms with Gasteiger partial charge in [-0.3, -0.25) is 19.6 Å². The molecule has 0 fully saturated rings. The summed E-state index contributed by atoms with van der Waals surface area (Å²) in [5.41, 5.74) is 0. The molecule has 0 rings (SSSR count). The first-order valence-corrected chi connectivity index (χ1v) is 11.3. The molecule has 0 bridgehead atoms. The second kappa shape index (κ2) is 16.2. The summed E-state index contributed by atoms with van der Waals surface area (Å²) in [7, 11) is 0. The summed E-state index contributed by atoms with van der Waals surface area (Å²) in [4.78, 5) is 7.87. The number of hydrogen-bond donors (Lipinski definition) is 6. The van der Waals surface area contributed by atoms with Crippen molar-refractivity contribution in [2.24, 2.45) is 0 Å². The van der Waals surface area contributed by atoms with E-state index in [1.807, 2.05) is 19.6 Å². The summed E-state index contributed by atoms with van der Waals surface area (Å²) in [5, 5.41) is 59.3. The summed E-state index contributed by atoms with van der Waals surface area (Å²) in [6, 6.07) is 0. The van der Waals surface area contributed by atoms with E-state index in [0.29, 0.717) is 59.3 Å². The van der Waals surface area contributed by atoms with E-state index < -0.39 is 36.6 Å². The number of hydrogen-bond acceptors (Lipinski definition) is 10. The first-order valence-electron chi connectivity index (χ1n) is 11.3. The highest BCUT2D eigenvalue weighted by Crippen LogP contribution is 2.07. The van der Waals surface area contributed by atoms with Crippen LogP contribution in [0.1, 0.15) is 41.5 Å². The van der Waals surface area contributed by atoms with Gasteiger partial charge in [0.05, 0.1) is 56.6 Å². The van der Waals surface area contributed by atoms with Crippen LogP contribution in [0, 0.1) is 0 Å². The van der Waals surface area contributed by atoms with Gasteiger partial charge in [0, 0.05) is 39.3 Å². The van der Waals surface area contributed by atoms with Crippen molar-refractivity contribution in [2.75, 3.05) is 59.3 Å². The van der Waals surface area contributed by atoms with E-state index in [0.717, 1.165) is 0 Å². The van der Waals surface area contributed by atoms with Crippen LogP contribution in [0.5, 0.6) is 0 Å². The van der Waals surface area contributed by atoms with Crippen molar-refractivity contribution in [3.8, 4) is 0 Å². The van der Waals surface area contributed by atoms with Gasteiger partial charge in [0.2, 0.25) is 0 Å². The third kappa shape index (κ3) is 17.8. The van der Waals surface area contributed by atoms with Crippen molar-refractivity contribution in [3.63, 3.8) is 0 Å². The third-order valence-corrected chi connectivity index (χ3v) is 4.33. The molecule has 0 heterocycles. The Balaban J connectivity index is 5.43. The summed E-state index contributed by atoms with van der Waals surface area (Å²) in [6.07, 6.45) is -3.41. The monoisotopic (exact) mass is 452 g/mol. The van der Waals surface area contributed by atoms with E-state index in [4.69, 9.17) is 0 Å². The normalized spacial score (nSPS) is 18.6. The van der Waals surface area contributed by atoms with E-state index in [-0.39, 0.29) is 0 Å². The molecule has 0 amide bonds. The molecule has 0 aromatic carbocycles. The highest BCUT2D eigenvalue weighted by atomic mass is 16.3. The number of nitrogens with zero attached hydrogens (tertiary/aromatic N) is 4. The molecular weight excluding hydrogens is 404 g/mol. The van der Waals surface area contributed by atoms with Gasteiger partial charge in [-0.2, -0.15) is 0 Å². The maximum absolute atomic E-state index is 10.0. The minimum Gasteiger partial charge on any atom is -0.392 e. The predicted molar refractivity (Wildman–Crippen MR) is 121 cm³/mol. The van der Waals surface area contributed by atoms with Gasteiger partial charge in [-0.1, -0.05) is 0 Å². The predicted octanol–water partition coefficient (Wildman–Crippen LogP) is -1.65. The third-order valence-electron chi connectivity index (χ3n) is 4.33. The van der Waals surface area contributed by atoms with Crippen LogP contribution in [0.2, 0.25) is 0 Å². The van der Waals surface area contributed by atoms with Crippen LogP contribution in [0.4, 0.5) is 0 Å². The highest BCUT2D eigenvalue weighted by Gasteiger charge is 2.22. The van der Waals surface area contributed by atoms with Crippen molar-refractivity contribution in [2.45, 2.75) is 78.2 Å². The van der Waals surface area contributed by atoms with Gasteiger partial charge in [-0.15, -0.1) is 0 Å². The zero-order valence-electron chi connectivity index (χ0n) is 20.3. The fraction of sp³-hybridized carbons (Fsp3) is 1.00. The molecule has 0 radical (unpaired) electrons. The lowest BCUT2D eigenvalue weighted by Crippen LogP contribution is -2.53. The molecule has 0 aliphatic carbocycles. The van der Waals surface area contributed by atoms with Crippen molar-refractivity contribution >= 4 is 0 Å². The second-order valence-electron chi connectivity index (χ2n) is 9.30. The number of aliphatic hydroxyl groups excluding tert-OH is 6. The fourth-order valence-corrected chi connectivity index (χ4v) is 3.79. The van der Waals surface area contributed by atoms with Crippen molar-refractivity contribution in [1.82, 2.24) is 19.6 Å². The van der Waals surface area contributed by atoms with Gasteiger partial charge >= 0.3 is 0 Å². The summed E-state index contributed by atoms with van der Waals surface area (Å²) < 4.78 is 0. The van der Waals surface area contributed by atoms with Crippen LogP contribution < -0.4 is 0 Å². The molecule has 6 atom stereocenters. The molecule has 10 nitrogen and oxygen atoms in total. The van der Waals surface area contributed by atoms with Crippen molar-refractivity contribution in [3.05, 3.63) is 0 Å². The first-order chi connectivity index (χ1) is 14.3. The van der Waals surface area contributed by atoms with E-state index in [2.05, 4.69) is 0 Å². The Labute approximate surface area is 188 Å². The van der Waals surface area contributed by atoms with Crippen molar-refractivity contribution in [1.29, 1.82) is 0 Å². The molecule has 6 N–H and O–H groups in total. The number of aliphatic hydroxyl groups is 6. The lowest BCUT2D eigenvalue weighted by Gasteiger charge is -2.38. The maximum Gasteiger partial charge on any atom is 0.0640 e. The molecule has 0 aliphatic rings. The van der Waals surface area contributed by atoms with Crippen LogP contribution in [0.25, 0.3) is 0 Å². The minimum atomic E-state index is -0.584. The molecule has 188 valence electrons. The zero-order valence-corrected chi connectivity index (χ0v) is 20.3. The molecule has 6 unspecified atom stereocenters. The Morgan fingerprint density at radius 3 is 0.710 bits per heavy atom. The summed E-state index contributed by atoms with van der Waals surface area (Å²) in [6.45, 7) is 13.7. The second-order valence-corrected chi connectivity index (χ2v) is 9.30. The molecular formula is C21H48N4O6. The molecule has 0 aromatic heterocycles. The molecule has 0 saturated heterocycles. The van der Waals surface area contributed by atoms with Crippen LogP contribution in [0.15, 0.2) is 0 Å². The average molecular weight is 453 g/mol. The van der Waals surface area contributed by atoms with Gasteiger partial charge in [0.15, 0.2) is 0 Å². The largest absolute Gasteiger partial charge is 0.392 e. The highest BCUT2D eigenvalue weighted by molar-refractivity contribution is 4.72. The van der Waals surface area contributed by atoms with Gasteiger partial charge in [0.1, 0.15) is 0 Å². The Morgan fingerprint density at radius 2 is 0.516 bits per heavy atom. The Morgan fingerprint density at radius 1 is 0.355 bits per heavy atom. The topological polar surface area (TPSA) is 134 Å². The minimum absolute atomic E-state index is 0.374. The average Bonchev–Trinajstić information content (AvgIpc) is 2.50. The lowest BCUT2D eigenvalue weighted by molar-refractivity contribution is -0.0257. The van der Waals surface area contributed by atoms with Crippen LogP contribution in [-0.4, -0.2) is 146 Å². The van der Waals surface area contributed by atoms with Gasteiger partial charge < -0.3 is 30.6 Å². The van der Waals surface area contributed by atoms with Crippen LogP contribution >= 0.6 is 0 Å². The number of rotatable bonds is 18. The SMILES string of the molecule is CC(O)CN(CC(C)O)CN(CC(C)O)CN(CC(C)O)CN(CC(C)O)CC(C)O. The van der Waals surface area contributed by atoms with E-state index >= 15 is 0 Å². The Bertz CT molecular complexity index is 380. The van der Waals surface area contributed by atoms with Crippen LogP contribution in [0.3, 0.4) is 0 Å². The molecule has 0 saturated carbocycles. The fourth-order valence-electron chi connectivity index (χ4n) is 3.79. The van der Waals surface area contributed by atoms with Gasteiger partial charge in [-0.05, 0) is 41.5 Å². The summed E-state index contributed by atoms with van der Waals surface area (Å²) >= 11 is 0. The van der Waals surface area contributed by atoms with Crippen molar-refractivity contribution < 1.29 is 30.6 Å². The van der Waals surface area contributed by atoms with Crippen LogP contribution in [-0.2, 0) is 0 Å². The Hall–Kier alpha value is -0.400. The standard InChI is InChI=1S/C21H48N4O6/c1-16(26)7-22(8-17(2)27)13-24(11-20(5)30)15-25(12-21(6)31)14-23(9-18(3)28)10-19(4)29/h16-21,26-31H,7-15H2,1-6H3. The van der Waals surface area contributed by atoms with E-state index in [1.165, 1.54) is 0 Å². The molecule has 0 aromatic rings. The van der Waals surface area contributed by atoms with E-state index in [1.54, 1.807) is 41.5 Å². The maximum atomic E-state index is 10.0. The summed E-state index contributed by atoms with van der Waals surface area (Å²) in [5.74, 6) is 0. The molecule has 0 spiro atoms. The quantitative estimate of drug-likeness (QED) is 0.134. The molecule has 0 aliphatic heterocycles. The van der Waals surface area contributed by atoms with E-state index in [9.17, 15) is 30.6 Å². The first kappa shape index (κ1) is 30.6. The Kier molecular flexibility index (Phi) is 16.0. The lowest BCUT2D eigenvalue weighted by atomic mass is 10.3. The molecule has 31 heavy (non-hydrogen) atoms.